The maximum atomic E-state index is 10.4. The third kappa shape index (κ3) is 2.59. The van der Waals surface area contributed by atoms with Crippen LogP contribution in [0.1, 0.15) is 34.1 Å². The van der Waals surface area contributed by atoms with Crippen LogP contribution in [0, 0.1) is 20.8 Å². The maximum Gasteiger partial charge on any atom is 0.0848 e. The molecule has 1 heterocycles. The SMILES string of the molecule is Cc1cccnc1CC(O)c1cccc(C)c1C. The van der Waals surface area contributed by atoms with Gasteiger partial charge in [-0.1, -0.05) is 24.3 Å². The van der Waals surface area contributed by atoms with Gasteiger partial charge >= 0.3 is 0 Å². The van der Waals surface area contributed by atoms with Gasteiger partial charge in [-0.3, -0.25) is 4.98 Å². The summed E-state index contributed by atoms with van der Waals surface area (Å²) in [5.41, 5.74) is 5.47. The summed E-state index contributed by atoms with van der Waals surface area (Å²) in [6, 6.07) is 10.00. The predicted octanol–water partition coefficient (Wildman–Crippen LogP) is 3.28. The number of aliphatic hydroxyl groups is 1. The summed E-state index contributed by atoms with van der Waals surface area (Å²) in [5.74, 6) is 0. The molecule has 0 aliphatic rings. The van der Waals surface area contributed by atoms with E-state index in [1.807, 2.05) is 31.2 Å². The second-order valence-electron chi connectivity index (χ2n) is 4.78. The van der Waals surface area contributed by atoms with Gasteiger partial charge in [0.2, 0.25) is 0 Å². The van der Waals surface area contributed by atoms with Crippen molar-refractivity contribution in [1.82, 2.24) is 4.98 Å². The van der Waals surface area contributed by atoms with Crippen LogP contribution >= 0.6 is 0 Å². The van der Waals surface area contributed by atoms with Gasteiger partial charge in [0.15, 0.2) is 0 Å². The molecule has 0 bridgehead atoms. The first kappa shape index (κ1) is 12.8. The van der Waals surface area contributed by atoms with Crippen molar-refractivity contribution < 1.29 is 5.11 Å². The van der Waals surface area contributed by atoms with Gasteiger partial charge in [-0.05, 0) is 49.1 Å². The molecule has 0 saturated carbocycles. The van der Waals surface area contributed by atoms with Crippen molar-refractivity contribution in [3.8, 4) is 0 Å². The molecule has 2 heteroatoms. The van der Waals surface area contributed by atoms with E-state index >= 15 is 0 Å². The minimum atomic E-state index is -0.488. The first-order valence-corrected chi connectivity index (χ1v) is 6.24. The number of aryl methyl sites for hydroxylation is 2. The van der Waals surface area contributed by atoms with Crippen molar-refractivity contribution in [3.63, 3.8) is 0 Å². The van der Waals surface area contributed by atoms with Crippen molar-refractivity contribution in [1.29, 1.82) is 0 Å². The zero-order chi connectivity index (χ0) is 13.1. The second-order valence-corrected chi connectivity index (χ2v) is 4.78. The molecule has 0 saturated heterocycles. The largest absolute Gasteiger partial charge is 0.388 e. The van der Waals surface area contributed by atoms with Crippen LogP contribution < -0.4 is 0 Å². The molecule has 94 valence electrons. The zero-order valence-electron chi connectivity index (χ0n) is 11.1. The molecule has 2 aromatic rings. The summed E-state index contributed by atoms with van der Waals surface area (Å²) in [5, 5.41) is 10.4. The van der Waals surface area contributed by atoms with Crippen molar-refractivity contribution in [2.24, 2.45) is 0 Å². The van der Waals surface area contributed by atoms with E-state index in [-0.39, 0.29) is 0 Å². The molecule has 1 aromatic carbocycles. The normalized spacial score (nSPS) is 12.4. The average molecular weight is 241 g/mol. The molecule has 0 radical (unpaired) electrons. The lowest BCUT2D eigenvalue weighted by Gasteiger charge is -2.15. The number of benzene rings is 1. The molecule has 1 atom stereocenters. The molecule has 1 unspecified atom stereocenters. The van der Waals surface area contributed by atoms with Gasteiger partial charge in [0.1, 0.15) is 0 Å². The number of hydrogen-bond acceptors (Lipinski definition) is 2. The highest BCUT2D eigenvalue weighted by Crippen LogP contribution is 2.23. The number of rotatable bonds is 3. The Labute approximate surface area is 108 Å². The van der Waals surface area contributed by atoms with Gasteiger partial charge in [-0.25, -0.2) is 0 Å². The fourth-order valence-electron chi connectivity index (χ4n) is 2.16. The minimum Gasteiger partial charge on any atom is -0.388 e. The Balaban J connectivity index is 2.25. The summed E-state index contributed by atoms with van der Waals surface area (Å²) < 4.78 is 0. The van der Waals surface area contributed by atoms with Crippen LogP contribution in [-0.4, -0.2) is 10.1 Å². The molecule has 2 rings (SSSR count). The van der Waals surface area contributed by atoms with Crippen LogP contribution in [-0.2, 0) is 6.42 Å². The lowest BCUT2D eigenvalue weighted by atomic mass is 9.96. The Morgan fingerprint density at radius 2 is 1.78 bits per heavy atom. The molecule has 0 fully saturated rings. The highest BCUT2D eigenvalue weighted by Gasteiger charge is 2.13. The number of nitrogens with zero attached hydrogens (tertiary/aromatic N) is 1. The predicted molar refractivity (Wildman–Crippen MR) is 73.6 cm³/mol. The number of aliphatic hydroxyl groups excluding tert-OH is 1. The Morgan fingerprint density at radius 3 is 2.50 bits per heavy atom. The Morgan fingerprint density at radius 1 is 1.06 bits per heavy atom. The monoisotopic (exact) mass is 241 g/mol. The summed E-state index contributed by atoms with van der Waals surface area (Å²) in [4.78, 5) is 4.34. The molecular formula is C16H19NO. The standard InChI is InChI=1S/C16H19NO/c1-11-6-4-8-14(13(11)3)16(18)10-15-12(2)7-5-9-17-15/h4-9,16,18H,10H2,1-3H3. The summed E-state index contributed by atoms with van der Waals surface area (Å²) in [6.45, 7) is 6.15. The summed E-state index contributed by atoms with van der Waals surface area (Å²) in [6.07, 6.45) is 1.85. The van der Waals surface area contributed by atoms with Crippen LogP contribution in [0.5, 0.6) is 0 Å². The van der Waals surface area contributed by atoms with E-state index < -0.39 is 6.10 Å². The van der Waals surface area contributed by atoms with Crippen molar-refractivity contribution in [3.05, 3.63) is 64.5 Å². The molecule has 1 N–H and O–H groups in total. The van der Waals surface area contributed by atoms with Crippen LogP contribution in [0.2, 0.25) is 0 Å². The third-order valence-corrected chi connectivity index (χ3v) is 3.51. The molecule has 0 amide bonds. The fraction of sp³-hybridized carbons (Fsp3) is 0.312. The van der Waals surface area contributed by atoms with Gasteiger partial charge in [0, 0.05) is 18.3 Å². The van der Waals surface area contributed by atoms with E-state index in [9.17, 15) is 5.11 Å². The van der Waals surface area contributed by atoms with Crippen LogP contribution in [0.15, 0.2) is 36.5 Å². The number of aromatic nitrogens is 1. The third-order valence-electron chi connectivity index (χ3n) is 3.51. The van der Waals surface area contributed by atoms with Crippen molar-refractivity contribution in [2.45, 2.75) is 33.3 Å². The molecular weight excluding hydrogens is 222 g/mol. The summed E-state index contributed by atoms with van der Waals surface area (Å²) >= 11 is 0. The van der Waals surface area contributed by atoms with E-state index in [1.165, 1.54) is 11.1 Å². The van der Waals surface area contributed by atoms with Gasteiger partial charge in [0.25, 0.3) is 0 Å². The number of hydrogen-bond donors (Lipinski definition) is 1. The van der Waals surface area contributed by atoms with Gasteiger partial charge in [0.05, 0.1) is 6.10 Å². The van der Waals surface area contributed by atoms with Crippen LogP contribution in [0.3, 0.4) is 0 Å². The Bertz CT molecular complexity index is 549. The molecule has 0 spiro atoms. The fourth-order valence-corrected chi connectivity index (χ4v) is 2.16. The second kappa shape index (κ2) is 5.32. The van der Waals surface area contributed by atoms with E-state index in [0.29, 0.717) is 6.42 Å². The topological polar surface area (TPSA) is 33.1 Å². The lowest BCUT2D eigenvalue weighted by Crippen LogP contribution is -2.07. The highest BCUT2D eigenvalue weighted by atomic mass is 16.3. The summed E-state index contributed by atoms with van der Waals surface area (Å²) in [7, 11) is 0. The quantitative estimate of drug-likeness (QED) is 0.894. The smallest absolute Gasteiger partial charge is 0.0848 e. The maximum absolute atomic E-state index is 10.4. The van der Waals surface area contributed by atoms with E-state index in [2.05, 4.69) is 24.9 Å². The van der Waals surface area contributed by atoms with Gasteiger partial charge < -0.3 is 5.11 Å². The molecule has 0 aliphatic carbocycles. The van der Waals surface area contributed by atoms with Crippen LogP contribution in [0.25, 0.3) is 0 Å². The van der Waals surface area contributed by atoms with E-state index in [0.717, 1.165) is 16.8 Å². The van der Waals surface area contributed by atoms with Crippen molar-refractivity contribution in [2.75, 3.05) is 0 Å². The first-order chi connectivity index (χ1) is 8.59. The molecule has 2 nitrogen and oxygen atoms in total. The van der Waals surface area contributed by atoms with E-state index in [1.54, 1.807) is 6.20 Å². The van der Waals surface area contributed by atoms with Gasteiger partial charge in [-0.2, -0.15) is 0 Å². The van der Waals surface area contributed by atoms with Crippen LogP contribution in [0.4, 0.5) is 0 Å². The van der Waals surface area contributed by atoms with E-state index in [4.69, 9.17) is 0 Å². The lowest BCUT2D eigenvalue weighted by molar-refractivity contribution is 0.176. The Hall–Kier alpha value is -1.67. The zero-order valence-corrected chi connectivity index (χ0v) is 11.1. The first-order valence-electron chi connectivity index (χ1n) is 6.24. The highest BCUT2D eigenvalue weighted by molar-refractivity contribution is 5.35. The van der Waals surface area contributed by atoms with Crippen molar-refractivity contribution >= 4 is 0 Å². The molecule has 1 aromatic heterocycles. The minimum absolute atomic E-state index is 0.488. The van der Waals surface area contributed by atoms with Gasteiger partial charge in [-0.15, -0.1) is 0 Å². The Kier molecular flexibility index (Phi) is 3.78. The molecule has 18 heavy (non-hydrogen) atoms. The average Bonchev–Trinajstić information content (AvgIpc) is 2.35. The number of pyridine rings is 1. The molecule has 0 aliphatic heterocycles.